The number of fused-ring (bicyclic) bond motifs is 1. The molecule has 2 heterocycles. The first kappa shape index (κ1) is 14.4. The normalized spacial score (nSPS) is 12.9. The van der Waals surface area contributed by atoms with Gasteiger partial charge in [0.25, 0.3) is 0 Å². The van der Waals surface area contributed by atoms with Crippen molar-refractivity contribution in [3.8, 4) is 0 Å². The monoisotopic (exact) mass is 348 g/mol. The van der Waals surface area contributed by atoms with Crippen LogP contribution in [0.25, 0.3) is 11.1 Å². The molecule has 0 spiro atoms. The number of furan rings is 1. The van der Waals surface area contributed by atoms with E-state index in [9.17, 15) is 0 Å². The minimum atomic E-state index is 0.0595. The molecule has 0 saturated carbocycles. The summed E-state index contributed by atoms with van der Waals surface area (Å²) in [6, 6.07) is 11.7. The maximum absolute atomic E-state index is 5.80. The Morgan fingerprint density at radius 3 is 2.76 bits per heavy atom. The van der Waals surface area contributed by atoms with E-state index in [1.165, 1.54) is 0 Å². The van der Waals surface area contributed by atoms with Crippen LogP contribution < -0.4 is 5.32 Å². The van der Waals surface area contributed by atoms with Crippen LogP contribution in [-0.2, 0) is 6.42 Å². The number of oxazole rings is 1. The number of hydrogen-bond donors (Lipinski definition) is 1. The Hall–Kier alpha value is -1.59. The van der Waals surface area contributed by atoms with E-state index in [0.29, 0.717) is 6.42 Å². The second-order valence-corrected chi connectivity index (χ2v) is 5.71. The standard InChI is InChI=1S/C16H17BrN2O2/c1-2-9-18-12(14-7-8-15(17)20-14)10-16-19-11-5-3-4-6-13(11)21-16/h3-8,12,18H,2,9-10H2,1H3. The van der Waals surface area contributed by atoms with Crippen LogP contribution in [0.5, 0.6) is 0 Å². The van der Waals surface area contributed by atoms with E-state index in [1.807, 2.05) is 36.4 Å². The van der Waals surface area contributed by atoms with Gasteiger partial charge in [-0.3, -0.25) is 0 Å². The van der Waals surface area contributed by atoms with Crippen molar-refractivity contribution in [3.05, 3.63) is 52.7 Å². The molecule has 4 nitrogen and oxygen atoms in total. The lowest BCUT2D eigenvalue weighted by molar-refractivity contribution is 0.377. The van der Waals surface area contributed by atoms with Crippen molar-refractivity contribution in [2.75, 3.05) is 6.54 Å². The molecule has 1 atom stereocenters. The van der Waals surface area contributed by atoms with Crippen molar-refractivity contribution in [2.45, 2.75) is 25.8 Å². The molecule has 1 aromatic carbocycles. The molecule has 0 saturated heterocycles. The largest absolute Gasteiger partial charge is 0.453 e. The Balaban J connectivity index is 1.83. The molecule has 0 bridgehead atoms. The highest BCUT2D eigenvalue weighted by molar-refractivity contribution is 9.10. The summed E-state index contributed by atoms with van der Waals surface area (Å²) in [7, 11) is 0. The highest BCUT2D eigenvalue weighted by Gasteiger charge is 2.18. The number of halogens is 1. The summed E-state index contributed by atoms with van der Waals surface area (Å²) < 4.78 is 12.2. The van der Waals surface area contributed by atoms with Gasteiger partial charge in [-0.05, 0) is 53.2 Å². The molecule has 1 N–H and O–H groups in total. The SMILES string of the molecule is CCCNC(Cc1nc2ccccc2o1)c1ccc(Br)o1. The maximum Gasteiger partial charge on any atom is 0.197 e. The predicted octanol–water partition coefficient (Wildman–Crippen LogP) is 4.47. The summed E-state index contributed by atoms with van der Waals surface area (Å²) in [5.41, 5.74) is 1.71. The van der Waals surface area contributed by atoms with Gasteiger partial charge in [0.05, 0.1) is 6.04 Å². The van der Waals surface area contributed by atoms with E-state index in [4.69, 9.17) is 8.83 Å². The summed E-state index contributed by atoms with van der Waals surface area (Å²) in [6.45, 7) is 3.06. The zero-order valence-electron chi connectivity index (χ0n) is 11.8. The number of nitrogens with zero attached hydrogens (tertiary/aromatic N) is 1. The van der Waals surface area contributed by atoms with Gasteiger partial charge in [0.15, 0.2) is 16.1 Å². The summed E-state index contributed by atoms with van der Waals surface area (Å²) >= 11 is 3.35. The van der Waals surface area contributed by atoms with E-state index < -0.39 is 0 Å². The highest BCUT2D eigenvalue weighted by Crippen LogP contribution is 2.25. The minimum Gasteiger partial charge on any atom is -0.453 e. The zero-order chi connectivity index (χ0) is 14.7. The van der Waals surface area contributed by atoms with Crippen LogP contribution >= 0.6 is 15.9 Å². The second kappa shape index (κ2) is 6.45. The summed E-state index contributed by atoms with van der Waals surface area (Å²) in [4.78, 5) is 4.53. The lowest BCUT2D eigenvalue weighted by Crippen LogP contribution is -2.23. The molecule has 0 aliphatic heterocycles. The number of hydrogen-bond acceptors (Lipinski definition) is 4. The number of nitrogens with one attached hydrogen (secondary N) is 1. The quantitative estimate of drug-likeness (QED) is 0.714. The number of rotatable bonds is 6. The van der Waals surface area contributed by atoms with Crippen molar-refractivity contribution in [3.63, 3.8) is 0 Å². The van der Waals surface area contributed by atoms with Crippen LogP contribution in [0.1, 0.15) is 31.0 Å². The molecule has 0 fully saturated rings. The first-order valence-electron chi connectivity index (χ1n) is 7.09. The number of para-hydroxylation sites is 2. The topological polar surface area (TPSA) is 51.2 Å². The van der Waals surface area contributed by atoms with Gasteiger partial charge in [0.1, 0.15) is 11.3 Å². The Labute approximate surface area is 131 Å². The third-order valence-electron chi connectivity index (χ3n) is 3.30. The van der Waals surface area contributed by atoms with E-state index in [0.717, 1.165) is 40.4 Å². The first-order chi connectivity index (χ1) is 10.3. The molecule has 0 aliphatic rings. The smallest absolute Gasteiger partial charge is 0.197 e. The molecule has 0 aliphatic carbocycles. The fourth-order valence-electron chi connectivity index (χ4n) is 2.29. The third kappa shape index (κ3) is 3.36. The van der Waals surface area contributed by atoms with E-state index in [-0.39, 0.29) is 6.04 Å². The molecule has 3 aromatic rings. The average Bonchev–Trinajstić information content (AvgIpc) is 3.08. The van der Waals surface area contributed by atoms with Crippen LogP contribution in [0.3, 0.4) is 0 Å². The van der Waals surface area contributed by atoms with Gasteiger partial charge in [0, 0.05) is 6.42 Å². The van der Waals surface area contributed by atoms with Gasteiger partial charge in [0.2, 0.25) is 0 Å². The molecular weight excluding hydrogens is 332 g/mol. The maximum atomic E-state index is 5.80. The summed E-state index contributed by atoms with van der Waals surface area (Å²) in [5.74, 6) is 1.61. The second-order valence-electron chi connectivity index (χ2n) is 4.93. The molecule has 110 valence electrons. The van der Waals surface area contributed by atoms with E-state index in [2.05, 4.69) is 33.2 Å². The van der Waals surface area contributed by atoms with Crippen molar-refractivity contribution in [1.29, 1.82) is 0 Å². The predicted molar refractivity (Wildman–Crippen MR) is 85.2 cm³/mol. The van der Waals surface area contributed by atoms with Crippen molar-refractivity contribution in [2.24, 2.45) is 0 Å². The molecule has 2 aromatic heterocycles. The third-order valence-corrected chi connectivity index (χ3v) is 3.72. The van der Waals surface area contributed by atoms with E-state index >= 15 is 0 Å². The summed E-state index contributed by atoms with van der Waals surface area (Å²) in [5, 5.41) is 3.48. The van der Waals surface area contributed by atoms with Gasteiger partial charge in [-0.25, -0.2) is 4.98 Å². The number of aromatic nitrogens is 1. The molecular formula is C16H17BrN2O2. The van der Waals surface area contributed by atoms with Crippen LogP contribution in [0, 0.1) is 0 Å². The Morgan fingerprint density at radius 2 is 2.05 bits per heavy atom. The summed E-state index contributed by atoms with van der Waals surface area (Å²) in [6.07, 6.45) is 1.72. The fourth-order valence-corrected chi connectivity index (χ4v) is 2.61. The van der Waals surface area contributed by atoms with Crippen LogP contribution in [-0.4, -0.2) is 11.5 Å². The first-order valence-corrected chi connectivity index (χ1v) is 7.88. The van der Waals surface area contributed by atoms with Gasteiger partial charge in [-0.1, -0.05) is 19.1 Å². The van der Waals surface area contributed by atoms with Crippen LogP contribution in [0.15, 0.2) is 49.9 Å². The van der Waals surface area contributed by atoms with Crippen molar-refractivity contribution >= 4 is 27.0 Å². The molecule has 21 heavy (non-hydrogen) atoms. The average molecular weight is 349 g/mol. The van der Waals surface area contributed by atoms with Crippen LogP contribution in [0.4, 0.5) is 0 Å². The molecule has 0 radical (unpaired) electrons. The van der Waals surface area contributed by atoms with Crippen molar-refractivity contribution < 1.29 is 8.83 Å². The van der Waals surface area contributed by atoms with Gasteiger partial charge in [-0.2, -0.15) is 0 Å². The fraction of sp³-hybridized carbons (Fsp3) is 0.312. The Morgan fingerprint density at radius 1 is 1.19 bits per heavy atom. The highest BCUT2D eigenvalue weighted by atomic mass is 79.9. The molecule has 3 rings (SSSR count). The van der Waals surface area contributed by atoms with Crippen LogP contribution in [0.2, 0.25) is 0 Å². The Bertz CT molecular complexity index is 687. The minimum absolute atomic E-state index is 0.0595. The Kier molecular flexibility index (Phi) is 4.41. The van der Waals surface area contributed by atoms with E-state index in [1.54, 1.807) is 0 Å². The lowest BCUT2D eigenvalue weighted by Gasteiger charge is -2.14. The molecule has 1 unspecified atom stereocenters. The van der Waals surface area contributed by atoms with Gasteiger partial charge in [-0.15, -0.1) is 0 Å². The molecule has 5 heteroatoms. The van der Waals surface area contributed by atoms with Crippen molar-refractivity contribution in [1.82, 2.24) is 10.3 Å². The molecule has 0 amide bonds. The number of benzene rings is 1. The lowest BCUT2D eigenvalue weighted by atomic mass is 10.1. The zero-order valence-corrected chi connectivity index (χ0v) is 13.4. The van der Waals surface area contributed by atoms with Gasteiger partial charge >= 0.3 is 0 Å². The van der Waals surface area contributed by atoms with Gasteiger partial charge < -0.3 is 14.2 Å².